The minimum absolute atomic E-state index is 0.0257. The van der Waals surface area contributed by atoms with Crippen LogP contribution in [0.2, 0.25) is 5.02 Å². The van der Waals surface area contributed by atoms with Crippen molar-refractivity contribution >= 4 is 57.7 Å². The number of nitrogens with zero attached hydrogens (tertiary/aromatic N) is 2. The van der Waals surface area contributed by atoms with Crippen molar-refractivity contribution in [1.82, 2.24) is 4.90 Å². The molecule has 7 nitrogen and oxygen atoms in total. The number of rotatable bonds is 5. The summed E-state index contributed by atoms with van der Waals surface area (Å²) in [6.07, 6.45) is -0.0257. The Hall–Kier alpha value is -2.84. The molecule has 0 spiro atoms. The fraction of sp³-hybridized carbons (Fsp3) is 0.200. The van der Waals surface area contributed by atoms with Gasteiger partial charge in [0.2, 0.25) is 11.8 Å². The molecule has 0 bridgehead atoms. The van der Waals surface area contributed by atoms with Gasteiger partial charge in [0.25, 0.3) is 0 Å². The number of benzene rings is 2. The summed E-state index contributed by atoms with van der Waals surface area (Å²) in [6, 6.07) is 11.2. The lowest BCUT2D eigenvalue weighted by molar-refractivity contribution is -0.127. The largest absolute Gasteiger partial charge is 0.478 e. The lowest BCUT2D eigenvalue weighted by atomic mass is 10.2. The number of carboxylic acids is 1. The Balaban J connectivity index is 1.67. The number of hydrogen-bond acceptors (Lipinski definition) is 5. The fourth-order valence-corrected chi connectivity index (χ4v) is 4.01. The molecule has 150 valence electrons. The molecular weight excluding hydrogens is 414 g/mol. The smallest absolute Gasteiger partial charge is 0.335 e. The highest BCUT2D eigenvalue weighted by Crippen LogP contribution is 2.33. The molecular formula is C20H18ClN3O4S. The first-order valence-electron chi connectivity index (χ1n) is 8.67. The van der Waals surface area contributed by atoms with Gasteiger partial charge in [-0.15, -0.1) is 0 Å². The molecule has 29 heavy (non-hydrogen) atoms. The van der Waals surface area contributed by atoms with Crippen LogP contribution in [0.15, 0.2) is 47.5 Å². The Bertz CT molecular complexity index is 1010. The van der Waals surface area contributed by atoms with Gasteiger partial charge in [0.1, 0.15) is 5.25 Å². The van der Waals surface area contributed by atoms with Crippen molar-refractivity contribution in [1.29, 1.82) is 0 Å². The molecule has 2 aromatic rings. The van der Waals surface area contributed by atoms with E-state index < -0.39 is 11.2 Å². The number of aromatic carboxylic acids is 1. The number of hydrogen-bond donors (Lipinski definition) is 2. The van der Waals surface area contributed by atoms with Gasteiger partial charge in [-0.1, -0.05) is 29.4 Å². The average molecular weight is 432 g/mol. The van der Waals surface area contributed by atoms with Crippen LogP contribution in [0.4, 0.5) is 11.4 Å². The molecule has 2 amide bonds. The van der Waals surface area contributed by atoms with Gasteiger partial charge in [-0.3, -0.25) is 14.5 Å². The summed E-state index contributed by atoms with van der Waals surface area (Å²) in [5.74, 6) is -1.59. The lowest BCUT2D eigenvalue weighted by Crippen LogP contribution is -2.30. The monoisotopic (exact) mass is 431 g/mol. The van der Waals surface area contributed by atoms with E-state index in [1.165, 1.54) is 40.9 Å². The number of halogens is 1. The number of nitrogens with one attached hydrogen (secondary N) is 1. The van der Waals surface area contributed by atoms with Crippen LogP contribution in [0, 0.1) is 6.92 Å². The second-order valence-electron chi connectivity index (χ2n) is 6.42. The molecule has 1 aliphatic rings. The number of aliphatic imine (C=N–C) groups is 1. The molecule has 1 aliphatic heterocycles. The van der Waals surface area contributed by atoms with Crippen LogP contribution < -0.4 is 5.32 Å². The van der Waals surface area contributed by atoms with E-state index in [-0.39, 0.29) is 23.8 Å². The molecule has 1 unspecified atom stereocenters. The van der Waals surface area contributed by atoms with E-state index in [0.29, 0.717) is 21.6 Å². The van der Waals surface area contributed by atoms with Gasteiger partial charge >= 0.3 is 5.97 Å². The third-order valence-electron chi connectivity index (χ3n) is 4.38. The van der Waals surface area contributed by atoms with E-state index in [2.05, 4.69) is 10.3 Å². The summed E-state index contributed by atoms with van der Waals surface area (Å²) in [4.78, 5) is 41.7. The van der Waals surface area contributed by atoms with E-state index in [4.69, 9.17) is 16.7 Å². The molecule has 9 heteroatoms. The van der Waals surface area contributed by atoms with Crippen molar-refractivity contribution < 1.29 is 19.5 Å². The highest BCUT2D eigenvalue weighted by Gasteiger charge is 2.37. The minimum atomic E-state index is -1.04. The molecule has 3 rings (SSSR count). The molecule has 0 radical (unpaired) electrons. The van der Waals surface area contributed by atoms with E-state index in [0.717, 1.165) is 5.56 Å². The highest BCUT2D eigenvalue weighted by molar-refractivity contribution is 8.15. The summed E-state index contributed by atoms with van der Waals surface area (Å²) in [6.45, 7) is 1.85. The van der Waals surface area contributed by atoms with Crippen molar-refractivity contribution in [3.05, 3.63) is 58.6 Å². The van der Waals surface area contributed by atoms with Gasteiger partial charge in [-0.25, -0.2) is 9.79 Å². The predicted molar refractivity (Wildman–Crippen MR) is 114 cm³/mol. The zero-order chi connectivity index (χ0) is 21.1. The van der Waals surface area contributed by atoms with Crippen LogP contribution in [-0.4, -0.2) is 45.3 Å². The van der Waals surface area contributed by atoms with E-state index in [1.807, 2.05) is 13.0 Å². The van der Waals surface area contributed by atoms with Crippen LogP contribution >= 0.6 is 23.4 Å². The second-order valence-corrected chi connectivity index (χ2v) is 7.99. The maximum absolute atomic E-state index is 12.5. The Morgan fingerprint density at radius 2 is 1.93 bits per heavy atom. The topological polar surface area (TPSA) is 99.1 Å². The zero-order valence-corrected chi connectivity index (χ0v) is 17.3. The SMILES string of the molecule is Cc1c(Cl)cccc1N=C1SC(CC(=O)Nc2ccc(C(=O)O)cc2)C(=O)N1C. The molecule has 1 fully saturated rings. The zero-order valence-electron chi connectivity index (χ0n) is 15.7. The summed E-state index contributed by atoms with van der Waals surface area (Å²) in [7, 11) is 1.62. The van der Waals surface area contributed by atoms with Crippen molar-refractivity contribution in [2.24, 2.45) is 4.99 Å². The standard InChI is InChI=1S/C20H18ClN3O4S/c1-11-14(21)4-3-5-15(11)23-20-24(2)18(26)16(29-20)10-17(25)22-13-8-6-12(7-9-13)19(27)28/h3-9,16H,10H2,1-2H3,(H,22,25)(H,27,28). The van der Waals surface area contributed by atoms with Gasteiger partial charge in [0.15, 0.2) is 5.17 Å². The van der Waals surface area contributed by atoms with Crippen LogP contribution in [0.5, 0.6) is 0 Å². The lowest BCUT2D eigenvalue weighted by Gasteiger charge is -2.10. The van der Waals surface area contributed by atoms with Crippen LogP contribution in [0.25, 0.3) is 0 Å². The summed E-state index contributed by atoms with van der Waals surface area (Å²) in [5.41, 5.74) is 2.08. The van der Waals surface area contributed by atoms with Crippen LogP contribution in [0.3, 0.4) is 0 Å². The number of amidine groups is 1. The maximum atomic E-state index is 12.5. The van der Waals surface area contributed by atoms with Gasteiger partial charge in [-0.05, 0) is 48.9 Å². The number of carbonyl (C=O) groups is 3. The molecule has 0 aromatic heterocycles. The predicted octanol–water partition coefficient (Wildman–Crippen LogP) is 3.94. The molecule has 1 atom stereocenters. The molecule has 2 aromatic carbocycles. The Morgan fingerprint density at radius 1 is 1.24 bits per heavy atom. The van der Waals surface area contributed by atoms with Gasteiger partial charge in [0.05, 0.1) is 11.3 Å². The molecule has 0 saturated carbocycles. The molecule has 2 N–H and O–H groups in total. The number of thioether (sulfide) groups is 1. The molecule has 0 aliphatic carbocycles. The van der Waals surface area contributed by atoms with E-state index in [1.54, 1.807) is 19.2 Å². The minimum Gasteiger partial charge on any atom is -0.478 e. The highest BCUT2D eigenvalue weighted by atomic mass is 35.5. The van der Waals surface area contributed by atoms with E-state index in [9.17, 15) is 14.4 Å². The van der Waals surface area contributed by atoms with Crippen molar-refractivity contribution in [2.45, 2.75) is 18.6 Å². The summed E-state index contributed by atoms with van der Waals surface area (Å²) >= 11 is 7.35. The third-order valence-corrected chi connectivity index (χ3v) is 6.02. The Kier molecular flexibility index (Phi) is 6.24. The summed E-state index contributed by atoms with van der Waals surface area (Å²) < 4.78 is 0. The fourth-order valence-electron chi connectivity index (χ4n) is 2.69. The molecule has 1 saturated heterocycles. The normalized spacial score (nSPS) is 17.6. The maximum Gasteiger partial charge on any atom is 0.335 e. The average Bonchev–Trinajstić information content (AvgIpc) is 2.93. The van der Waals surface area contributed by atoms with Crippen LogP contribution in [0.1, 0.15) is 22.3 Å². The first-order valence-corrected chi connectivity index (χ1v) is 9.93. The van der Waals surface area contributed by atoms with Crippen LogP contribution in [-0.2, 0) is 9.59 Å². The third kappa shape index (κ3) is 4.78. The van der Waals surface area contributed by atoms with Gasteiger partial charge in [-0.2, -0.15) is 0 Å². The number of anilines is 1. The quantitative estimate of drug-likeness (QED) is 0.747. The first-order chi connectivity index (χ1) is 13.8. The number of carbonyl (C=O) groups excluding carboxylic acids is 2. The van der Waals surface area contributed by atoms with Crippen molar-refractivity contribution in [2.75, 3.05) is 12.4 Å². The molecule has 1 heterocycles. The van der Waals surface area contributed by atoms with E-state index >= 15 is 0 Å². The van der Waals surface area contributed by atoms with Crippen molar-refractivity contribution in [3.8, 4) is 0 Å². The Morgan fingerprint density at radius 3 is 2.59 bits per heavy atom. The number of amides is 2. The van der Waals surface area contributed by atoms with Crippen molar-refractivity contribution in [3.63, 3.8) is 0 Å². The van der Waals surface area contributed by atoms with Gasteiger partial charge < -0.3 is 10.4 Å². The summed E-state index contributed by atoms with van der Waals surface area (Å²) in [5, 5.41) is 12.1. The first kappa shape index (κ1) is 20.9. The number of carboxylic acid groups (broad SMARTS) is 1. The van der Waals surface area contributed by atoms with Gasteiger partial charge in [0, 0.05) is 24.2 Å². The second kappa shape index (κ2) is 8.67. The Labute approximate surface area is 176 Å².